The summed E-state index contributed by atoms with van der Waals surface area (Å²) in [6.07, 6.45) is 3.86. The van der Waals surface area contributed by atoms with Crippen molar-refractivity contribution in [1.29, 1.82) is 0 Å². The molecule has 1 amide bonds. The van der Waals surface area contributed by atoms with Crippen molar-refractivity contribution in [3.05, 3.63) is 58.2 Å². The molecule has 2 aromatic rings. The van der Waals surface area contributed by atoms with Crippen LogP contribution in [0.1, 0.15) is 41.7 Å². The molecule has 0 spiro atoms. The van der Waals surface area contributed by atoms with Crippen molar-refractivity contribution < 1.29 is 23.8 Å². The van der Waals surface area contributed by atoms with Gasteiger partial charge in [0.2, 0.25) is 0 Å². The number of benzene rings is 2. The Kier molecular flexibility index (Phi) is 7.00. The van der Waals surface area contributed by atoms with Gasteiger partial charge in [0, 0.05) is 29.3 Å². The molecule has 31 heavy (non-hydrogen) atoms. The van der Waals surface area contributed by atoms with Crippen LogP contribution in [-0.2, 0) is 20.7 Å². The van der Waals surface area contributed by atoms with Crippen LogP contribution in [0.25, 0.3) is 6.08 Å². The number of nitrogens with one attached hydrogen (secondary N) is 1. The molecule has 1 atom stereocenters. The van der Waals surface area contributed by atoms with Gasteiger partial charge < -0.3 is 19.5 Å². The standard InChI is InChI=1S/C25H29NO5/c1-6-29-21-13-20-11-18(5)31-22(20)12-19(21)7-8-24(28)30-14-23(27)26-25-16(3)9-15(2)10-17(25)4/h7-10,12-13,18H,6,11,14H2,1-5H3,(H,26,27)/b8-7+/t18-/m1/s1. The Hall–Kier alpha value is -3.28. The maximum absolute atomic E-state index is 12.2. The second-order valence-corrected chi connectivity index (χ2v) is 7.83. The Morgan fingerprint density at radius 1 is 1.16 bits per heavy atom. The van der Waals surface area contributed by atoms with E-state index < -0.39 is 5.97 Å². The Morgan fingerprint density at radius 3 is 2.55 bits per heavy atom. The zero-order valence-electron chi connectivity index (χ0n) is 18.7. The molecule has 6 nitrogen and oxygen atoms in total. The van der Waals surface area contributed by atoms with Crippen LogP contribution in [0.15, 0.2) is 30.3 Å². The number of esters is 1. The third-order valence-electron chi connectivity index (χ3n) is 5.01. The van der Waals surface area contributed by atoms with E-state index in [1.54, 1.807) is 6.08 Å². The van der Waals surface area contributed by atoms with Gasteiger partial charge in [-0.3, -0.25) is 4.79 Å². The molecular formula is C25H29NO5. The molecule has 1 heterocycles. The van der Waals surface area contributed by atoms with Crippen molar-refractivity contribution >= 4 is 23.6 Å². The predicted molar refractivity (Wildman–Crippen MR) is 121 cm³/mol. The first-order valence-electron chi connectivity index (χ1n) is 10.5. The zero-order chi connectivity index (χ0) is 22.5. The van der Waals surface area contributed by atoms with Gasteiger partial charge in [-0.1, -0.05) is 17.7 Å². The molecule has 0 unspecified atom stereocenters. The molecule has 1 aliphatic rings. The highest BCUT2D eigenvalue weighted by Crippen LogP contribution is 2.35. The van der Waals surface area contributed by atoms with Crippen molar-refractivity contribution in [3.8, 4) is 11.5 Å². The number of fused-ring (bicyclic) bond motifs is 1. The van der Waals surface area contributed by atoms with Gasteiger partial charge in [-0.25, -0.2) is 4.79 Å². The molecule has 0 aromatic heterocycles. The summed E-state index contributed by atoms with van der Waals surface area (Å²) >= 11 is 0. The number of ether oxygens (including phenoxy) is 3. The second kappa shape index (κ2) is 9.69. The van der Waals surface area contributed by atoms with Crippen molar-refractivity contribution in [2.24, 2.45) is 0 Å². The van der Waals surface area contributed by atoms with Crippen molar-refractivity contribution in [1.82, 2.24) is 0 Å². The van der Waals surface area contributed by atoms with Gasteiger partial charge in [0.1, 0.15) is 17.6 Å². The fourth-order valence-corrected chi connectivity index (χ4v) is 3.76. The Bertz CT molecular complexity index is 1000. The molecule has 0 aliphatic carbocycles. The minimum absolute atomic E-state index is 0.119. The largest absolute Gasteiger partial charge is 0.493 e. The molecule has 6 heteroatoms. The molecule has 0 saturated carbocycles. The molecule has 3 rings (SSSR count). The third-order valence-corrected chi connectivity index (χ3v) is 5.01. The number of hydrogen-bond acceptors (Lipinski definition) is 5. The summed E-state index contributed by atoms with van der Waals surface area (Å²) in [5.41, 5.74) is 5.62. The topological polar surface area (TPSA) is 73.9 Å². The van der Waals surface area contributed by atoms with E-state index in [4.69, 9.17) is 14.2 Å². The van der Waals surface area contributed by atoms with Gasteiger partial charge in [0.25, 0.3) is 5.91 Å². The van der Waals surface area contributed by atoms with Gasteiger partial charge in [-0.15, -0.1) is 0 Å². The first-order valence-corrected chi connectivity index (χ1v) is 10.5. The van der Waals surface area contributed by atoms with Crippen LogP contribution in [0, 0.1) is 20.8 Å². The van der Waals surface area contributed by atoms with E-state index in [1.807, 2.05) is 58.9 Å². The Morgan fingerprint density at radius 2 is 1.87 bits per heavy atom. The molecule has 0 saturated heterocycles. The third kappa shape index (κ3) is 5.66. The highest BCUT2D eigenvalue weighted by Gasteiger charge is 2.21. The summed E-state index contributed by atoms with van der Waals surface area (Å²) in [7, 11) is 0. The number of anilines is 1. The van der Waals surface area contributed by atoms with Gasteiger partial charge in [0.05, 0.1) is 6.61 Å². The number of amides is 1. The van der Waals surface area contributed by atoms with Crippen molar-refractivity contribution in [3.63, 3.8) is 0 Å². The Balaban J connectivity index is 1.61. The van der Waals surface area contributed by atoms with Crippen molar-refractivity contribution in [2.45, 2.75) is 47.1 Å². The van der Waals surface area contributed by atoms with Gasteiger partial charge in [-0.05, 0) is 64.0 Å². The smallest absolute Gasteiger partial charge is 0.331 e. The van der Waals surface area contributed by atoms with E-state index in [-0.39, 0.29) is 18.6 Å². The minimum atomic E-state index is -0.607. The lowest BCUT2D eigenvalue weighted by Crippen LogP contribution is -2.21. The number of hydrogen-bond donors (Lipinski definition) is 1. The van der Waals surface area contributed by atoms with E-state index >= 15 is 0 Å². The molecule has 2 aromatic carbocycles. The molecule has 1 N–H and O–H groups in total. The lowest BCUT2D eigenvalue weighted by Gasteiger charge is -2.12. The quantitative estimate of drug-likeness (QED) is 0.523. The normalized spacial score (nSPS) is 14.8. The first-order chi connectivity index (χ1) is 14.8. The van der Waals surface area contributed by atoms with Gasteiger partial charge in [0.15, 0.2) is 6.61 Å². The fraction of sp³-hybridized carbons (Fsp3) is 0.360. The summed E-state index contributed by atoms with van der Waals surface area (Å²) < 4.78 is 16.6. The average molecular weight is 424 g/mol. The van der Waals surface area contributed by atoms with Crippen LogP contribution in [-0.4, -0.2) is 31.2 Å². The lowest BCUT2D eigenvalue weighted by molar-refractivity contribution is -0.142. The summed E-state index contributed by atoms with van der Waals surface area (Å²) in [5.74, 6) is 0.495. The minimum Gasteiger partial charge on any atom is -0.493 e. The second-order valence-electron chi connectivity index (χ2n) is 7.83. The van der Waals surface area contributed by atoms with Gasteiger partial charge in [-0.2, -0.15) is 0 Å². The monoisotopic (exact) mass is 423 g/mol. The van der Waals surface area contributed by atoms with E-state index in [9.17, 15) is 9.59 Å². The highest BCUT2D eigenvalue weighted by atomic mass is 16.5. The van der Waals surface area contributed by atoms with E-state index in [1.165, 1.54) is 6.08 Å². The van der Waals surface area contributed by atoms with Crippen LogP contribution in [0.2, 0.25) is 0 Å². The van der Waals surface area contributed by atoms with Crippen molar-refractivity contribution in [2.75, 3.05) is 18.5 Å². The predicted octanol–water partition coefficient (Wildman–Crippen LogP) is 4.53. The van der Waals surface area contributed by atoms with Crippen LogP contribution >= 0.6 is 0 Å². The molecule has 0 fully saturated rings. The fourth-order valence-electron chi connectivity index (χ4n) is 3.76. The summed E-state index contributed by atoms with van der Waals surface area (Å²) in [5, 5.41) is 2.82. The first kappa shape index (κ1) is 22.4. The molecule has 1 aliphatic heterocycles. The van der Waals surface area contributed by atoms with Crippen LogP contribution in [0.4, 0.5) is 5.69 Å². The SMILES string of the molecule is CCOc1cc2c(cc1/C=C/C(=O)OCC(=O)Nc1c(C)cc(C)cc1C)O[C@H](C)C2. The van der Waals surface area contributed by atoms with Crippen LogP contribution in [0.3, 0.4) is 0 Å². The summed E-state index contributed by atoms with van der Waals surface area (Å²) in [4.78, 5) is 24.4. The number of carbonyl (C=O) groups is 2. The molecular weight excluding hydrogens is 394 g/mol. The molecule has 0 bridgehead atoms. The maximum Gasteiger partial charge on any atom is 0.331 e. The average Bonchev–Trinajstić information content (AvgIpc) is 3.06. The summed E-state index contributed by atoms with van der Waals surface area (Å²) in [6, 6.07) is 7.80. The van der Waals surface area contributed by atoms with Crippen LogP contribution < -0.4 is 14.8 Å². The molecule has 0 radical (unpaired) electrons. The van der Waals surface area contributed by atoms with E-state index in [0.29, 0.717) is 12.4 Å². The highest BCUT2D eigenvalue weighted by molar-refractivity contribution is 5.95. The Labute approximate surface area is 183 Å². The van der Waals surface area contributed by atoms with E-state index in [2.05, 4.69) is 5.32 Å². The van der Waals surface area contributed by atoms with Crippen LogP contribution in [0.5, 0.6) is 11.5 Å². The number of rotatable bonds is 7. The van der Waals surface area contributed by atoms with E-state index in [0.717, 1.165) is 45.7 Å². The molecule has 164 valence electrons. The zero-order valence-corrected chi connectivity index (χ0v) is 18.7. The lowest BCUT2D eigenvalue weighted by atomic mass is 10.1. The van der Waals surface area contributed by atoms with Gasteiger partial charge >= 0.3 is 5.97 Å². The maximum atomic E-state index is 12.2. The number of carbonyl (C=O) groups excluding carboxylic acids is 2. The summed E-state index contributed by atoms with van der Waals surface area (Å²) in [6.45, 7) is 9.94. The number of aryl methyl sites for hydroxylation is 3.